The second-order valence-electron chi connectivity index (χ2n) is 1.84. The zero-order valence-corrected chi connectivity index (χ0v) is 7.44. The Balaban J connectivity index is 3.15. The number of hydrogen-bond acceptors (Lipinski definition) is 1. The highest BCUT2D eigenvalue weighted by molar-refractivity contribution is 14.1. The Morgan fingerprint density at radius 1 is 1.56 bits per heavy atom. The lowest BCUT2D eigenvalue weighted by atomic mass is 10.5. The molecule has 0 amide bonds. The van der Waals surface area contributed by atoms with E-state index in [-0.39, 0.29) is 6.54 Å². The van der Waals surface area contributed by atoms with Gasteiger partial charge in [-0.2, -0.15) is 0 Å². The van der Waals surface area contributed by atoms with Gasteiger partial charge >= 0.3 is 0 Å². The van der Waals surface area contributed by atoms with Crippen molar-refractivity contribution in [2.45, 2.75) is 6.43 Å². The summed E-state index contributed by atoms with van der Waals surface area (Å²) in [7, 11) is 1.70. The molecule has 4 heteroatoms. The number of hydrogen-bond donors (Lipinski definition) is 0. The van der Waals surface area contributed by atoms with Crippen LogP contribution in [-0.2, 0) is 0 Å². The molecule has 1 nitrogen and oxygen atoms in total. The standard InChI is InChI=1S/C5H10F2IN/c1-9(3-2-8)4-5(6)7/h5H,2-4H2,1H3. The topological polar surface area (TPSA) is 3.24 Å². The highest BCUT2D eigenvalue weighted by atomic mass is 127. The summed E-state index contributed by atoms with van der Waals surface area (Å²) in [4.78, 5) is 1.62. The maximum atomic E-state index is 11.6. The molecule has 0 heterocycles. The molecule has 0 spiro atoms. The van der Waals surface area contributed by atoms with E-state index in [4.69, 9.17) is 0 Å². The second-order valence-corrected chi connectivity index (χ2v) is 2.92. The molecule has 0 atom stereocenters. The monoisotopic (exact) mass is 249 g/mol. The molecular formula is C5H10F2IN. The first-order valence-corrected chi connectivity index (χ1v) is 4.22. The molecule has 0 aliphatic rings. The molecule has 0 rings (SSSR count). The molecule has 0 fully saturated rings. The molecule has 0 aromatic rings. The van der Waals surface area contributed by atoms with Gasteiger partial charge in [-0.1, -0.05) is 22.6 Å². The fraction of sp³-hybridized carbons (Fsp3) is 1.00. The average Bonchev–Trinajstić information content (AvgIpc) is 1.63. The summed E-state index contributed by atoms with van der Waals surface area (Å²) in [6, 6.07) is 0. The van der Waals surface area contributed by atoms with Crippen molar-refractivity contribution < 1.29 is 8.78 Å². The maximum Gasteiger partial charge on any atom is 0.251 e. The van der Waals surface area contributed by atoms with Crippen LogP contribution in [0.1, 0.15) is 0 Å². The van der Waals surface area contributed by atoms with Crippen molar-refractivity contribution in [3.05, 3.63) is 0 Å². The SMILES string of the molecule is CN(CCI)CC(F)F. The number of halogens is 3. The largest absolute Gasteiger partial charge is 0.300 e. The highest BCUT2D eigenvalue weighted by Crippen LogP contribution is 1.95. The van der Waals surface area contributed by atoms with Gasteiger partial charge in [0.2, 0.25) is 0 Å². The van der Waals surface area contributed by atoms with Crippen LogP contribution >= 0.6 is 22.6 Å². The summed E-state index contributed by atoms with van der Waals surface area (Å²) in [5.74, 6) is 0. The summed E-state index contributed by atoms with van der Waals surface area (Å²) in [6.45, 7) is 0.633. The first-order chi connectivity index (χ1) is 4.16. The lowest BCUT2D eigenvalue weighted by Crippen LogP contribution is -2.26. The van der Waals surface area contributed by atoms with E-state index >= 15 is 0 Å². The molecule has 0 aliphatic carbocycles. The molecule has 56 valence electrons. The summed E-state index contributed by atoms with van der Waals surface area (Å²) in [5.41, 5.74) is 0. The fourth-order valence-corrected chi connectivity index (χ4v) is 1.29. The molecule has 0 aromatic heterocycles. The van der Waals surface area contributed by atoms with Gasteiger partial charge in [0.25, 0.3) is 6.43 Å². The Bertz CT molecular complexity index is 70.0. The average molecular weight is 249 g/mol. The van der Waals surface area contributed by atoms with Gasteiger partial charge in [0.15, 0.2) is 0 Å². The summed E-state index contributed by atoms with van der Waals surface area (Å²) < 4.78 is 24.0. The van der Waals surface area contributed by atoms with Gasteiger partial charge in [-0.3, -0.25) is 0 Å². The van der Waals surface area contributed by atoms with Gasteiger partial charge in [-0.15, -0.1) is 0 Å². The first kappa shape index (κ1) is 9.55. The van der Waals surface area contributed by atoms with Crippen LogP contribution in [-0.4, -0.2) is 35.9 Å². The molecule has 0 radical (unpaired) electrons. The Morgan fingerprint density at radius 2 is 2.11 bits per heavy atom. The van der Waals surface area contributed by atoms with Gasteiger partial charge < -0.3 is 4.90 Å². The van der Waals surface area contributed by atoms with Crippen LogP contribution in [0.4, 0.5) is 8.78 Å². The third-order valence-corrected chi connectivity index (χ3v) is 1.40. The van der Waals surface area contributed by atoms with E-state index in [2.05, 4.69) is 22.6 Å². The van der Waals surface area contributed by atoms with E-state index in [1.807, 2.05) is 0 Å². The number of rotatable bonds is 4. The normalized spacial score (nSPS) is 11.3. The van der Waals surface area contributed by atoms with Crippen LogP contribution in [0.15, 0.2) is 0 Å². The van der Waals surface area contributed by atoms with Gasteiger partial charge in [-0.05, 0) is 7.05 Å². The van der Waals surface area contributed by atoms with Crippen LogP contribution in [0.25, 0.3) is 0 Å². The van der Waals surface area contributed by atoms with E-state index in [1.165, 1.54) is 0 Å². The van der Waals surface area contributed by atoms with E-state index in [9.17, 15) is 8.78 Å². The fourth-order valence-electron chi connectivity index (χ4n) is 0.471. The van der Waals surface area contributed by atoms with Crippen LogP contribution in [0, 0.1) is 0 Å². The van der Waals surface area contributed by atoms with Crippen LogP contribution < -0.4 is 0 Å². The van der Waals surface area contributed by atoms with Crippen molar-refractivity contribution in [1.29, 1.82) is 0 Å². The minimum atomic E-state index is -2.20. The predicted molar refractivity (Wildman–Crippen MR) is 42.4 cm³/mol. The minimum Gasteiger partial charge on any atom is -0.300 e. The van der Waals surface area contributed by atoms with Crippen molar-refractivity contribution in [1.82, 2.24) is 4.90 Å². The van der Waals surface area contributed by atoms with Gasteiger partial charge in [0.05, 0.1) is 6.54 Å². The molecule has 0 saturated carbocycles. The molecule has 0 aromatic carbocycles. The Morgan fingerprint density at radius 3 is 2.44 bits per heavy atom. The lowest BCUT2D eigenvalue weighted by molar-refractivity contribution is 0.103. The van der Waals surface area contributed by atoms with Crippen molar-refractivity contribution in [2.75, 3.05) is 24.6 Å². The number of nitrogens with zero attached hydrogens (tertiary/aromatic N) is 1. The van der Waals surface area contributed by atoms with Crippen molar-refractivity contribution in [3.63, 3.8) is 0 Å². The van der Waals surface area contributed by atoms with Crippen molar-refractivity contribution in [3.8, 4) is 0 Å². The highest BCUT2D eigenvalue weighted by Gasteiger charge is 2.05. The first-order valence-electron chi connectivity index (χ1n) is 2.69. The Labute approximate surface area is 67.6 Å². The van der Waals surface area contributed by atoms with Crippen LogP contribution in [0.3, 0.4) is 0 Å². The Hall–Kier alpha value is 0.550. The molecule has 0 aliphatic heterocycles. The van der Waals surface area contributed by atoms with Crippen LogP contribution in [0.5, 0.6) is 0 Å². The predicted octanol–water partition coefficient (Wildman–Crippen LogP) is 1.62. The smallest absolute Gasteiger partial charge is 0.251 e. The quantitative estimate of drug-likeness (QED) is 0.540. The van der Waals surface area contributed by atoms with Crippen LogP contribution in [0.2, 0.25) is 0 Å². The van der Waals surface area contributed by atoms with Crippen molar-refractivity contribution >= 4 is 22.6 Å². The zero-order valence-electron chi connectivity index (χ0n) is 5.28. The second kappa shape index (κ2) is 5.34. The van der Waals surface area contributed by atoms with E-state index in [0.717, 1.165) is 11.0 Å². The van der Waals surface area contributed by atoms with Gasteiger partial charge in [0, 0.05) is 11.0 Å². The van der Waals surface area contributed by atoms with Gasteiger partial charge in [-0.25, -0.2) is 8.78 Å². The molecule has 0 saturated heterocycles. The third kappa shape index (κ3) is 6.44. The molecule has 0 N–H and O–H groups in total. The molecule has 0 unspecified atom stereocenters. The Kier molecular flexibility index (Phi) is 5.67. The summed E-state index contributed by atoms with van der Waals surface area (Å²) in [5, 5.41) is 0. The third-order valence-electron chi connectivity index (χ3n) is 0.916. The zero-order chi connectivity index (χ0) is 7.28. The molecule has 9 heavy (non-hydrogen) atoms. The van der Waals surface area contributed by atoms with Crippen molar-refractivity contribution in [2.24, 2.45) is 0 Å². The van der Waals surface area contributed by atoms with Gasteiger partial charge in [0.1, 0.15) is 0 Å². The number of alkyl halides is 3. The summed E-state index contributed by atoms with van der Waals surface area (Å²) >= 11 is 2.16. The van der Waals surface area contributed by atoms with E-state index in [0.29, 0.717) is 0 Å². The molecular weight excluding hydrogens is 239 g/mol. The minimum absolute atomic E-state index is 0.108. The van der Waals surface area contributed by atoms with E-state index < -0.39 is 6.43 Å². The molecule has 0 bridgehead atoms. The maximum absolute atomic E-state index is 11.6. The van der Waals surface area contributed by atoms with E-state index in [1.54, 1.807) is 11.9 Å². The summed E-state index contributed by atoms with van der Waals surface area (Å²) in [6.07, 6.45) is -2.20. The lowest BCUT2D eigenvalue weighted by Gasteiger charge is -2.12.